The molecule has 1 heterocycles. The number of benzene rings is 1. The lowest BCUT2D eigenvalue weighted by Gasteiger charge is -2.10. The van der Waals surface area contributed by atoms with Crippen LogP contribution in [0.4, 0.5) is 10.1 Å². The second-order valence-electron chi connectivity index (χ2n) is 4.66. The predicted molar refractivity (Wildman–Crippen MR) is 72.1 cm³/mol. The molecule has 20 heavy (non-hydrogen) atoms. The number of aromatic nitrogens is 3. The van der Waals surface area contributed by atoms with Crippen LogP contribution in [0.1, 0.15) is 25.7 Å². The normalized spacial score (nSPS) is 12.0. The van der Waals surface area contributed by atoms with Crippen molar-refractivity contribution in [1.82, 2.24) is 14.8 Å². The van der Waals surface area contributed by atoms with E-state index >= 15 is 0 Å². The standard InChI is InChI=1S/C12H15FN4O2S/c1-8(2)17-12(15-7-16-17)6-20(18,19)11-4-3-9(14)5-10(11)13/h3-5,7-8H,6,14H2,1-2H3. The molecule has 0 aliphatic heterocycles. The molecule has 108 valence electrons. The van der Waals surface area contributed by atoms with Crippen LogP contribution in [0.3, 0.4) is 0 Å². The van der Waals surface area contributed by atoms with Crippen molar-refractivity contribution in [1.29, 1.82) is 0 Å². The van der Waals surface area contributed by atoms with Crippen LogP contribution >= 0.6 is 0 Å². The third kappa shape index (κ3) is 2.79. The van der Waals surface area contributed by atoms with Gasteiger partial charge in [-0.2, -0.15) is 5.10 Å². The molecule has 0 saturated heterocycles. The second kappa shape index (κ2) is 5.20. The Labute approximate surface area is 116 Å². The Morgan fingerprint density at radius 2 is 2.10 bits per heavy atom. The summed E-state index contributed by atoms with van der Waals surface area (Å²) in [5.74, 6) is -0.997. The number of anilines is 1. The van der Waals surface area contributed by atoms with Gasteiger partial charge in [-0.15, -0.1) is 0 Å². The number of hydrogen-bond acceptors (Lipinski definition) is 5. The number of halogens is 1. The van der Waals surface area contributed by atoms with E-state index in [4.69, 9.17) is 5.73 Å². The molecule has 1 aromatic carbocycles. The van der Waals surface area contributed by atoms with E-state index in [2.05, 4.69) is 10.1 Å². The van der Waals surface area contributed by atoms with Crippen molar-refractivity contribution < 1.29 is 12.8 Å². The molecule has 1 aromatic heterocycles. The quantitative estimate of drug-likeness (QED) is 0.865. The highest BCUT2D eigenvalue weighted by Gasteiger charge is 2.23. The van der Waals surface area contributed by atoms with Crippen LogP contribution in [0.15, 0.2) is 29.4 Å². The van der Waals surface area contributed by atoms with Crippen LogP contribution in [0.2, 0.25) is 0 Å². The van der Waals surface area contributed by atoms with E-state index in [9.17, 15) is 12.8 Å². The van der Waals surface area contributed by atoms with E-state index < -0.39 is 21.4 Å². The maximum atomic E-state index is 13.7. The molecule has 6 nitrogen and oxygen atoms in total. The molecule has 2 aromatic rings. The highest BCUT2D eigenvalue weighted by molar-refractivity contribution is 7.90. The highest BCUT2D eigenvalue weighted by Crippen LogP contribution is 2.21. The molecule has 0 bridgehead atoms. The van der Waals surface area contributed by atoms with Crippen molar-refractivity contribution in [3.8, 4) is 0 Å². The summed E-state index contributed by atoms with van der Waals surface area (Å²) in [5, 5.41) is 3.96. The van der Waals surface area contributed by atoms with E-state index in [-0.39, 0.29) is 22.4 Å². The summed E-state index contributed by atoms with van der Waals surface area (Å²) in [6, 6.07) is 3.47. The molecule has 0 amide bonds. The van der Waals surface area contributed by atoms with Gasteiger partial charge in [-0.3, -0.25) is 0 Å². The Balaban J connectivity index is 2.38. The Bertz CT molecular complexity index is 725. The van der Waals surface area contributed by atoms with Gasteiger partial charge >= 0.3 is 0 Å². The van der Waals surface area contributed by atoms with Gasteiger partial charge in [0.2, 0.25) is 0 Å². The van der Waals surface area contributed by atoms with E-state index in [1.807, 2.05) is 13.8 Å². The van der Waals surface area contributed by atoms with Crippen LogP contribution in [-0.2, 0) is 15.6 Å². The third-order valence-electron chi connectivity index (χ3n) is 2.75. The molecule has 0 aliphatic carbocycles. The summed E-state index contributed by atoms with van der Waals surface area (Å²) < 4.78 is 39.7. The minimum atomic E-state index is -3.84. The first kappa shape index (κ1) is 14.4. The van der Waals surface area contributed by atoms with Gasteiger partial charge in [0.1, 0.15) is 28.6 Å². The van der Waals surface area contributed by atoms with Gasteiger partial charge in [-0.05, 0) is 32.0 Å². The Morgan fingerprint density at radius 3 is 2.70 bits per heavy atom. The summed E-state index contributed by atoms with van der Waals surface area (Å²) in [6.45, 7) is 3.71. The lowest BCUT2D eigenvalue weighted by molar-refractivity contribution is 0.509. The zero-order valence-corrected chi connectivity index (χ0v) is 11.9. The van der Waals surface area contributed by atoms with Gasteiger partial charge in [0.15, 0.2) is 9.84 Å². The van der Waals surface area contributed by atoms with E-state index in [1.165, 1.54) is 17.1 Å². The zero-order chi connectivity index (χ0) is 14.9. The van der Waals surface area contributed by atoms with Crippen molar-refractivity contribution in [3.05, 3.63) is 36.2 Å². The number of sulfone groups is 1. The van der Waals surface area contributed by atoms with Crippen molar-refractivity contribution in [2.24, 2.45) is 0 Å². The molecule has 2 N–H and O–H groups in total. The number of rotatable bonds is 4. The van der Waals surface area contributed by atoms with Crippen molar-refractivity contribution in [3.63, 3.8) is 0 Å². The molecule has 0 fully saturated rings. The van der Waals surface area contributed by atoms with Gasteiger partial charge in [0, 0.05) is 11.7 Å². The molecular weight excluding hydrogens is 283 g/mol. The number of nitrogens with two attached hydrogens (primary N) is 1. The number of hydrogen-bond donors (Lipinski definition) is 1. The van der Waals surface area contributed by atoms with E-state index in [0.29, 0.717) is 0 Å². The van der Waals surface area contributed by atoms with Crippen LogP contribution in [0.5, 0.6) is 0 Å². The summed E-state index contributed by atoms with van der Waals surface area (Å²) in [7, 11) is -3.84. The van der Waals surface area contributed by atoms with Gasteiger partial charge in [-0.1, -0.05) is 0 Å². The maximum Gasteiger partial charge on any atom is 0.188 e. The molecule has 2 rings (SSSR count). The fourth-order valence-corrected chi connectivity index (χ4v) is 3.16. The Kier molecular flexibility index (Phi) is 3.76. The SMILES string of the molecule is CC(C)n1ncnc1CS(=O)(=O)c1ccc(N)cc1F. The lowest BCUT2D eigenvalue weighted by atomic mass is 10.3. The van der Waals surface area contributed by atoms with Gasteiger partial charge in [-0.25, -0.2) is 22.5 Å². The van der Waals surface area contributed by atoms with Crippen LogP contribution in [0, 0.1) is 5.82 Å². The first-order chi connectivity index (χ1) is 9.31. The van der Waals surface area contributed by atoms with Crippen LogP contribution in [-0.4, -0.2) is 23.2 Å². The monoisotopic (exact) mass is 298 g/mol. The average Bonchev–Trinajstić information content (AvgIpc) is 2.75. The molecule has 0 unspecified atom stereocenters. The van der Waals surface area contributed by atoms with Crippen LogP contribution in [0.25, 0.3) is 0 Å². The Hall–Kier alpha value is -1.96. The van der Waals surface area contributed by atoms with Gasteiger partial charge < -0.3 is 5.73 Å². The first-order valence-electron chi connectivity index (χ1n) is 5.97. The van der Waals surface area contributed by atoms with Crippen LogP contribution < -0.4 is 5.73 Å². The summed E-state index contributed by atoms with van der Waals surface area (Å²) >= 11 is 0. The lowest BCUT2D eigenvalue weighted by Crippen LogP contribution is -2.14. The maximum absolute atomic E-state index is 13.7. The zero-order valence-electron chi connectivity index (χ0n) is 11.1. The number of nitrogens with zero attached hydrogens (tertiary/aromatic N) is 3. The Morgan fingerprint density at radius 1 is 1.40 bits per heavy atom. The average molecular weight is 298 g/mol. The fraction of sp³-hybridized carbons (Fsp3) is 0.333. The molecule has 8 heteroatoms. The van der Waals surface area contributed by atoms with Crippen molar-refractivity contribution >= 4 is 15.5 Å². The third-order valence-corrected chi connectivity index (χ3v) is 4.39. The minimum Gasteiger partial charge on any atom is -0.399 e. The largest absolute Gasteiger partial charge is 0.399 e. The predicted octanol–water partition coefficient (Wildman–Crippen LogP) is 1.55. The highest BCUT2D eigenvalue weighted by atomic mass is 32.2. The van der Waals surface area contributed by atoms with E-state index in [1.54, 1.807) is 0 Å². The molecule has 0 spiro atoms. The summed E-state index contributed by atoms with van der Waals surface area (Å²) in [6.07, 6.45) is 1.28. The molecular formula is C12H15FN4O2S. The summed E-state index contributed by atoms with van der Waals surface area (Å²) in [4.78, 5) is 3.54. The summed E-state index contributed by atoms with van der Waals surface area (Å²) in [5.41, 5.74) is 5.58. The van der Waals surface area contributed by atoms with Gasteiger partial charge in [0.05, 0.1) is 0 Å². The van der Waals surface area contributed by atoms with E-state index in [0.717, 1.165) is 12.1 Å². The molecule has 0 radical (unpaired) electrons. The van der Waals surface area contributed by atoms with Crippen molar-refractivity contribution in [2.75, 3.05) is 5.73 Å². The topological polar surface area (TPSA) is 90.9 Å². The van der Waals surface area contributed by atoms with Crippen molar-refractivity contribution in [2.45, 2.75) is 30.5 Å². The molecule has 0 atom stereocenters. The van der Waals surface area contributed by atoms with Gasteiger partial charge in [0.25, 0.3) is 0 Å². The molecule has 0 aliphatic rings. The first-order valence-corrected chi connectivity index (χ1v) is 7.62. The molecule has 0 saturated carbocycles. The minimum absolute atomic E-state index is 0.0287. The fourth-order valence-electron chi connectivity index (χ4n) is 1.83. The number of nitrogen functional groups attached to an aromatic ring is 1. The smallest absolute Gasteiger partial charge is 0.188 e. The second-order valence-corrected chi connectivity index (χ2v) is 6.62.